The van der Waals surface area contributed by atoms with Gasteiger partial charge in [0.15, 0.2) is 0 Å². The van der Waals surface area contributed by atoms with Gasteiger partial charge in [-0.2, -0.15) is 0 Å². The predicted molar refractivity (Wildman–Crippen MR) is 107 cm³/mol. The number of aliphatic hydroxyl groups is 1. The lowest BCUT2D eigenvalue weighted by atomic mass is 10.4. The lowest BCUT2D eigenvalue weighted by molar-refractivity contribution is -0.140. The van der Waals surface area contributed by atoms with Crippen LogP contribution in [0.15, 0.2) is 59.5 Å². The van der Waals surface area contributed by atoms with E-state index in [1.165, 1.54) is 4.90 Å². The summed E-state index contributed by atoms with van der Waals surface area (Å²) in [5, 5.41) is 8.32. The number of rotatable bonds is 11. The van der Waals surface area contributed by atoms with Crippen LogP contribution in [-0.4, -0.2) is 55.8 Å². The Labute approximate surface area is 165 Å². The molecule has 0 heterocycles. The van der Waals surface area contributed by atoms with E-state index in [4.69, 9.17) is 19.3 Å². The van der Waals surface area contributed by atoms with Gasteiger partial charge in [0.2, 0.25) is 0 Å². The zero-order chi connectivity index (χ0) is 20.5. The average Bonchev–Trinajstić information content (AvgIpc) is 2.66. The van der Waals surface area contributed by atoms with Crippen molar-refractivity contribution >= 4 is 23.7 Å². The van der Waals surface area contributed by atoms with E-state index >= 15 is 0 Å². The van der Waals surface area contributed by atoms with E-state index in [1.54, 1.807) is 25.6 Å². The number of esters is 2. The Hall–Kier alpha value is -2.09. The number of ether oxygens (including phenoxy) is 3. The third-order valence-corrected chi connectivity index (χ3v) is 3.70. The van der Waals surface area contributed by atoms with Crippen molar-refractivity contribution in [3.05, 3.63) is 54.6 Å². The van der Waals surface area contributed by atoms with Gasteiger partial charge in [0.05, 0.1) is 19.8 Å². The van der Waals surface area contributed by atoms with Gasteiger partial charge in [0, 0.05) is 21.8 Å². The second-order valence-corrected chi connectivity index (χ2v) is 6.50. The molecule has 6 nitrogen and oxygen atoms in total. The molecule has 1 rings (SSSR count). The molecule has 0 saturated carbocycles. The third-order valence-electron chi connectivity index (χ3n) is 2.72. The Morgan fingerprint density at radius 2 is 1.48 bits per heavy atom. The summed E-state index contributed by atoms with van der Waals surface area (Å²) in [5.74, 6) is 0.0366. The molecule has 0 aliphatic heterocycles. The molecule has 1 aromatic rings. The quantitative estimate of drug-likeness (QED) is 0.266. The standard InChI is InChI=1S/C12H14O2S.C8H14O4/c1-10(2)12(13)14-8-9-15-11-6-4-3-5-7-11;1-7(2)8(10)12-6-5-11-4-3-9/h3-7H,1,8-9H2,2H3;9H,1,3-6H2,2H3. The van der Waals surface area contributed by atoms with Crippen LogP contribution in [-0.2, 0) is 23.8 Å². The summed E-state index contributed by atoms with van der Waals surface area (Å²) < 4.78 is 14.5. The molecule has 0 amide bonds. The van der Waals surface area contributed by atoms with Crippen molar-refractivity contribution in [2.45, 2.75) is 18.7 Å². The minimum Gasteiger partial charge on any atom is -0.461 e. The molecule has 27 heavy (non-hydrogen) atoms. The number of hydrogen-bond acceptors (Lipinski definition) is 7. The van der Waals surface area contributed by atoms with Crippen molar-refractivity contribution in [2.24, 2.45) is 0 Å². The van der Waals surface area contributed by atoms with Crippen molar-refractivity contribution in [3.8, 4) is 0 Å². The molecule has 0 aliphatic rings. The molecule has 0 radical (unpaired) electrons. The molecule has 0 spiro atoms. The predicted octanol–water partition coefficient (Wildman–Crippen LogP) is 3.01. The normalized spacial score (nSPS) is 9.59. The molecule has 1 aromatic carbocycles. The first-order chi connectivity index (χ1) is 12.9. The van der Waals surface area contributed by atoms with Crippen LogP contribution in [0, 0.1) is 0 Å². The van der Waals surface area contributed by atoms with Crippen LogP contribution in [0.4, 0.5) is 0 Å². The van der Waals surface area contributed by atoms with Gasteiger partial charge in [-0.1, -0.05) is 31.4 Å². The van der Waals surface area contributed by atoms with Gasteiger partial charge >= 0.3 is 11.9 Å². The number of carbonyl (C=O) groups is 2. The van der Waals surface area contributed by atoms with Crippen molar-refractivity contribution in [2.75, 3.05) is 38.8 Å². The molecule has 0 fully saturated rings. The van der Waals surface area contributed by atoms with Crippen molar-refractivity contribution in [1.82, 2.24) is 0 Å². The van der Waals surface area contributed by atoms with Gasteiger partial charge in [0.25, 0.3) is 0 Å². The summed E-state index contributed by atoms with van der Waals surface area (Å²) in [4.78, 5) is 23.0. The van der Waals surface area contributed by atoms with E-state index in [-0.39, 0.29) is 25.8 Å². The van der Waals surface area contributed by atoms with E-state index in [1.807, 2.05) is 30.3 Å². The Balaban J connectivity index is 0.000000516. The van der Waals surface area contributed by atoms with Gasteiger partial charge in [0.1, 0.15) is 13.2 Å². The van der Waals surface area contributed by atoms with Crippen molar-refractivity contribution in [3.63, 3.8) is 0 Å². The minimum atomic E-state index is -0.414. The maximum Gasteiger partial charge on any atom is 0.333 e. The first-order valence-corrected chi connectivity index (χ1v) is 9.38. The second-order valence-electron chi connectivity index (χ2n) is 5.33. The lowest BCUT2D eigenvalue weighted by Crippen LogP contribution is -2.12. The Kier molecular flexibility index (Phi) is 14.9. The van der Waals surface area contributed by atoms with Crippen molar-refractivity contribution < 1.29 is 28.9 Å². The fourth-order valence-electron chi connectivity index (χ4n) is 1.42. The molecular formula is C20H28O6S. The number of benzene rings is 1. The Morgan fingerprint density at radius 1 is 0.926 bits per heavy atom. The maximum atomic E-state index is 11.0. The number of carbonyl (C=O) groups excluding carboxylic acids is 2. The second kappa shape index (κ2) is 16.1. The molecular weight excluding hydrogens is 368 g/mol. The van der Waals surface area contributed by atoms with Crippen LogP contribution in [0.3, 0.4) is 0 Å². The summed E-state index contributed by atoms with van der Waals surface area (Å²) in [7, 11) is 0. The maximum absolute atomic E-state index is 11.0. The van der Waals surface area contributed by atoms with Crippen LogP contribution in [0.25, 0.3) is 0 Å². The smallest absolute Gasteiger partial charge is 0.333 e. The third kappa shape index (κ3) is 14.7. The van der Waals surface area contributed by atoms with Crippen LogP contribution < -0.4 is 0 Å². The van der Waals surface area contributed by atoms with E-state index in [9.17, 15) is 9.59 Å². The number of aliphatic hydroxyl groups excluding tert-OH is 1. The molecule has 0 unspecified atom stereocenters. The van der Waals surface area contributed by atoms with E-state index < -0.39 is 5.97 Å². The van der Waals surface area contributed by atoms with Gasteiger partial charge in [-0.05, 0) is 26.0 Å². The van der Waals surface area contributed by atoms with E-state index in [2.05, 4.69) is 13.2 Å². The molecule has 7 heteroatoms. The topological polar surface area (TPSA) is 82.1 Å². The highest BCUT2D eigenvalue weighted by Crippen LogP contribution is 2.16. The summed E-state index contributed by atoms with van der Waals surface area (Å²) >= 11 is 1.67. The van der Waals surface area contributed by atoms with Gasteiger partial charge < -0.3 is 19.3 Å². The number of hydrogen-bond donors (Lipinski definition) is 1. The Bertz CT molecular complexity index is 585. The largest absolute Gasteiger partial charge is 0.461 e. The molecule has 0 aromatic heterocycles. The Morgan fingerprint density at radius 3 is 2.00 bits per heavy atom. The molecule has 1 N–H and O–H groups in total. The highest BCUT2D eigenvalue weighted by molar-refractivity contribution is 7.99. The molecule has 150 valence electrons. The highest BCUT2D eigenvalue weighted by atomic mass is 32.2. The summed E-state index contributed by atoms with van der Waals surface area (Å²) in [6, 6.07) is 10.0. The monoisotopic (exact) mass is 396 g/mol. The average molecular weight is 397 g/mol. The van der Waals surface area contributed by atoms with Crippen LogP contribution >= 0.6 is 11.8 Å². The molecule has 0 aliphatic carbocycles. The van der Waals surface area contributed by atoms with Gasteiger partial charge in [-0.15, -0.1) is 11.8 Å². The van der Waals surface area contributed by atoms with Crippen LogP contribution in [0.2, 0.25) is 0 Å². The number of thioether (sulfide) groups is 1. The van der Waals surface area contributed by atoms with E-state index in [0.29, 0.717) is 24.4 Å². The first kappa shape index (κ1) is 24.9. The molecule has 0 saturated heterocycles. The van der Waals surface area contributed by atoms with E-state index in [0.717, 1.165) is 5.75 Å². The molecule has 0 bridgehead atoms. The highest BCUT2D eigenvalue weighted by Gasteiger charge is 2.02. The zero-order valence-corrected chi connectivity index (χ0v) is 16.8. The summed E-state index contributed by atoms with van der Waals surface area (Å²) in [6.07, 6.45) is 0. The van der Waals surface area contributed by atoms with Gasteiger partial charge in [-0.3, -0.25) is 0 Å². The molecule has 0 atom stereocenters. The summed E-state index contributed by atoms with van der Waals surface area (Å²) in [5.41, 5.74) is 0.817. The lowest BCUT2D eigenvalue weighted by Gasteiger charge is -2.03. The van der Waals surface area contributed by atoms with Gasteiger partial charge in [-0.25, -0.2) is 9.59 Å². The minimum absolute atomic E-state index is 0.0194. The first-order valence-electron chi connectivity index (χ1n) is 8.40. The van der Waals surface area contributed by atoms with Crippen molar-refractivity contribution in [1.29, 1.82) is 0 Å². The van der Waals surface area contributed by atoms with Crippen LogP contribution in [0.1, 0.15) is 13.8 Å². The van der Waals surface area contributed by atoms with Crippen LogP contribution in [0.5, 0.6) is 0 Å². The fourth-order valence-corrected chi connectivity index (χ4v) is 2.17. The SMILES string of the molecule is C=C(C)C(=O)OCCOCCO.C=C(C)C(=O)OCCSc1ccccc1. The fraction of sp³-hybridized carbons (Fsp3) is 0.400. The summed E-state index contributed by atoms with van der Waals surface area (Å²) in [6.45, 7) is 11.3. The zero-order valence-electron chi connectivity index (χ0n) is 15.9.